The second kappa shape index (κ2) is 16.8. The molecule has 1 aromatic heterocycles. The van der Waals surface area contributed by atoms with Crippen LogP contribution in [0.2, 0.25) is 0 Å². The van der Waals surface area contributed by atoms with Crippen LogP contribution in [0.25, 0.3) is 33.9 Å². The van der Waals surface area contributed by atoms with Crippen LogP contribution < -0.4 is 20.1 Å². The molecular weight excluding hydrogens is 761 g/mol. The molecule has 2 N–H and O–H groups in total. The van der Waals surface area contributed by atoms with Crippen LogP contribution >= 0.6 is 0 Å². The van der Waals surface area contributed by atoms with E-state index in [0.717, 1.165) is 38.3 Å². The monoisotopic (exact) mass is 799 g/mol. The number of nitrogens with zero attached hydrogens (tertiary/aromatic N) is 3. The first-order valence-electron chi connectivity index (χ1n) is 18.4. The number of aromatic nitrogens is 2. The fraction of sp³-hybridized carbons (Fsp3) is 0.227. The number of hydrogen-bond donors (Lipinski definition) is 2. The third-order valence-electron chi connectivity index (χ3n) is 9.92. The van der Waals surface area contributed by atoms with Gasteiger partial charge in [0.05, 0.1) is 36.7 Å². The predicted octanol–water partition coefficient (Wildman–Crippen LogP) is 9.64. The average molecular weight is 800 g/mol. The molecule has 0 atom stereocenters. The van der Waals surface area contributed by atoms with Crippen LogP contribution in [0.5, 0.6) is 11.5 Å². The minimum atomic E-state index is -5.07. The third kappa shape index (κ3) is 9.19. The molecule has 0 bridgehead atoms. The zero-order chi connectivity index (χ0) is 41.0. The van der Waals surface area contributed by atoms with Crippen molar-refractivity contribution >= 4 is 11.6 Å². The summed E-state index contributed by atoms with van der Waals surface area (Å²) in [4.78, 5) is 20.4. The Morgan fingerprint density at radius 3 is 1.72 bits per heavy atom. The van der Waals surface area contributed by atoms with Gasteiger partial charge in [-0.2, -0.15) is 26.3 Å². The highest BCUT2D eigenvalue weighted by molar-refractivity contribution is 6.04. The van der Waals surface area contributed by atoms with E-state index in [2.05, 4.69) is 15.5 Å². The molecule has 2 heterocycles. The van der Waals surface area contributed by atoms with Crippen molar-refractivity contribution < 1.29 is 40.6 Å². The summed E-state index contributed by atoms with van der Waals surface area (Å²) in [6, 6.07) is 29.4. The summed E-state index contributed by atoms with van der Waals surface area (Å²) in [6.07, 6.45) is -10.1. The predicted molar refractivity (Wildman–Crippen MR) is 210 cm³/mol. The standard InChI is InChI=1S/C44H39F6N5O3/c1-57-37-15-9-30(10-16-37)39-40(31-11-17-38(58-2)18-12-31)55(41(53-39)33-23-34(43(45,46)47)25-35(24-33)44(48,49)50)27-29-3-7-32(8-4-29)42(56)52-36-13-5-28(6-14-36)26-54-21-19-51-20-22-54/h3-18,23-25,51H,19-22,26-27H2,1-2H3,(H,52,56). The summed E-state index contributed by atoms with van der Waals surface area (Å²) in [5, 5.41) is 6.25. The molecule has 1 amide bonds. The number of amides is 1. The van der Waals surface area contributed by atoms with E-state index in [1.807, 2.05) is 24.3 Å². The molecule has 1 aliphatic rings. The minimum absolute atomic E-state index is 0.0338. The lowest BCUT2D eigenvalue weighted by molar-refractivity contribution is -0.143. The summed E-state index contributed by atoms with van der Waals surface area (Å²) in [5.74, 6) is 0.590. The number of benzene rings is 5. The second-order valence-electron chi connectivity index (χ2n) is 13.8. The summed E-state index contributed by atoms with van der Waals surface area (Å²) >= 11 is 0. The van der Waals surface area contributed by atoms with Crippen molar-refractivity contribution in [3.05, 3.63) is 143 Å². The zero-order valence-electron chi connectivity index (χ0n) is 31.5. The van der Waals surface area contributed by atoms with Crippen LogP contribution in [0.15, 0.2) is 115 Å². The van der Waals surface area contributed by atoms with Gasteiger partial charge in [0.15, 0.2) is 0 Å². The van der Waals surface area contributed by atoms with E-state index in [-0.39, 0.29) is 29.9 Å². The molecule has 58 heavy (non-hydrogen) atoms. The molecule has 0 radical (unpaired) electrons. The van der Waals surface area contributed by atoms with Crippen molar-refractivity contribution in [1.82, 2.24) is 19.8 Å². The van der Waals surface area contributed by atoms with Crippen molar-refractivity contribution in [2.24, 2.45) is 0 Å². The Morgan fingerprint density at radius 1 is 0.672 bits per heavy atom. The van der Waals surface area contributed by atoms with E-state index in [0.29, 0.717) is 63.0 Å². The van der Waals surface area contributed by atoms with Gasteiger partial charge >= 0.3 is 12.4 Å². The summed E-state index contributed by atoms with van der Waals surface area (Å²) in [7, 11) is 3.00. The van der Waals surface area contributed by atoms with E-state index >= 15 is 0 Å². The maximum Gasteiger partial charge on any atom is 0.416 e. The van der Waals surface area contributed by atoms with Crippen LogP contribution in [-0.2, 0) is 25.4 Å². The summed E-state index contributed by atoms with van der Waals surface area (Å²) in [6.45, 7) is 4.61. The van der Waals surface area contributed by atoms with Gasteiger partial charge in [-0.05, 0) is 102 Å². The van der Waals surface area contributed by atoms with Gasteiger partial charge in [-0.3, -0.25) is 9.69 Å². The number of halogens is 6. The number of anilines is 1. The number of nitrogens with one attached hydrogen (secondary N) is 2. The van der Waals surface area contributed by atoms with Crippen LogP contribution in [0.3, 0.4) is 0 Å². The molecule has 0 unspecified atom stereocenters. The topological polar surface area (TPSA) is 80.7 Å². The van der Waals surface area contributed by atoms with E-state index in [4.69, 9.17) is 14.5 Å². The fourth-order valence-electron chi connectivity index (χ4n) is 6.87. The smallest absolute Gasteiger partial charge is 0.416 e. The Labute approximate surface area is 331 Å². The highest BCUT2D eigenvalue weighted by Gasteiger charge is 2.38. The molecule has 14 heteroatoms. The number of hydrogen-bond acceptors (Lipinski definition) is 6. The van der Waals surface area contributed by atoms with Crippen LogP contribution in [0, 0.1) is 0 Å². The van der Waals surface area contributed by atoms with Gasteiger partial charge in [-0.25, -0.2) is 4.98 Å². The highest BCUT2D eigenvalue weighted by atomic mass is 19.4. The molecular formula is C44H39F6N5O3. The fourth-order valence-corrected chi connectivity index (χ4v) is 6.87. The minimum Gasteiger partial charge on any atom is -0.497 e. The molecule has 300 valence electrons. The molecule has 1 saturated heterocycles. The van der Waals surface area contributed by atoms with Crippen LogP contribution in [0.4, 0.5) is 32.0 Å². The Bertz CT molecular complexity index is 2320. The second-order valence-corrected chi connectivity index (χ2v) is 13.8. The van der Waals surface area contributed by atoms with Gasteiger partial charge in [-0.15, -0.1) is 0 Å². The van der Waals surface area contributed by atoms with Gasteiger partial charge in [0, 0.05) is 67.2 Å². The van der Waals surface area contributed by atoms with E-state index in [9.17, 15) is 31.1 Å². The first-order valence-corrected chi connectivity index (χ1v) is 18.4. The van der Waals surface area contributed by atoms with Gasteiger partial charge in [0.25, 0.3) is 5.91 Å². The molecule has 7 rings (SSSR count). The first kappa shape index (κ1) is 40.1. The van der Waals surface area contributed by atoms with Gasteiger partial charge < -0.3 is 24.7 Å². The van der Waals surface area contributed by atoms with Crippen molar-refractivity contribution in [1.29, 1.82) is 0 Å². The lowest BCUT2D eigenvalue weighted by atomic mass is 10.0. The average Bonchev–Trinajstić information content (AvgIpc) is 3.60. The van der Waals surface area contributed by atoms with Gasteiger partial charge in [0.1, 0.15) is 17.3 Å². The maximum absolute atomic E-state index is 14.1. The van der Waals surface area contributed by atoms with E-state index in [1.54, 1.807) is 77.4 Å². The molecule has 1 aliphatic heterocycles. The molecule has 1 fully saturated rings. The number of methoxy groups -OCH3 is 2. The number of imidazole rings is 1. The van der Waals surface area contributed by atoms with E-state index < -0.39 is 23.5 Å². The molecule has 0 aliphatic carbocycles. The number of carbonyl (C=O) groups excluding carboxylic acids is 1. The Kier molecular flexibility index (Phi) is 11.6. The third-order valence-corrected chi connectivity index (χ3v) is 9.92. The Morgan fingerprint density at radius 2 is 1.19 bits per heavy atom. The first-order chi connectivity index (χ1) is 27.8. The summed E-state index contributed by atoms with van der Waals surface area (Å²) < 4.78 is 97.1. The molecule has 8 nitrogen and oxygen atoms in total. The number of rotatable bonds is 11. The van der Waals surface area contributed by atoms with Gasteiger partial charge in [0.2, 0.25) is 0 Å². The lowest BCUT2D eigenvalue weighted by Gasteiger charge is -2.27. The number of ether oxygens (including phenoxy) is 2. The van der Waals surface area contributed by atoms with Crippen LogP contribution in [-0.4, -0.2) is 60.8 Å². The lowest BCUT2D eigenvalue weighted by Crippen LogP contribution is -2.42. The highest BCUT2D eigenvalue weighted by Crippen LogP contribution is 2.42. The maximum atomic E-state index is 14.1. The SMILES string of the molecule is COc1ccc(-c2nc(-c3cc(C(F)(F)F)cc(C(F)(F)F)c3)n(Cc3ccc(C(=O)Nc4ccc(CN5CCNCC5)cc4)cc3)c2-c2ccc(OC)cc2)cc1. The van der Waals surface area contributed by atoms with Crippen molar-refractivity contribution in [3.63, 3.8) is 0 Å². The van der Waals surface area contributed by atoms with Crippen LogP contribution in [0.1, 0.15) is 32.6 Å². The summed E-state index contributed by atoms with van der Waals surface area (Å²) in [5.41, 5.74) is 1.24. The van der Waals surface area contributed by atoms with Crippen molar-refractivity contribution in [2.45, 2.75) is 25.4 Å². The largest absolute Gasteiger partial charge is 0.497 e. The number of piperazine rings is 1. The van der Waals surface area contributed by atoms with Crippen molar-refractivity contribution in [3.8, 4) is 45.4 Å². The molecule has 6 aromatic rings. The Balaban J connectivity index is 1.27. The normalized spacial score (nSPS) is 13.7. The molecule has 0 spiro atoms. The molecule has 0 saturated carbocycles. The molecule has 5 aromatic carbocycles. The van der Waals surface area contributed by atoms with E-state index in [1.165, 1.54) is 14.2 Å². The number of alkyl halides is 6. The quantitative estimate of drug-likeness (QED) is 0.127. The zero-order valence-corrected chi connectivity index (χ0v) is 31.5. The Hall–Kier alpha value is -6.12. The van der Waals surface area contributed by atoms with Gasteiger partial charge in [-0.1, -0.05) is 24.3 Å². The van der Waals surface area contributed by atoms with Crippen molar-refractivity contribution in [2.75, 3.05) is 45.7 Å². The number of carbonyl (C=O) groups is 1.